The predicted octanol–water partition coefficient (Wildman–Crippen LogP) is 2.77. The summed E-state index contributed by atoms with van der Waals surface area (Å²) < 4.78 is 29.3. The van der Waals surface area contributed by atoms with Crippen LogP contribution in [0.5, 0.6) is 5.75 Å². The molecule has 6 rings (SSSR count). The number of aryl methyl sites for hydroxylation is 1. The molecule has 0 bridgehead atoms. The summed E-state index contributed by atoms with van der Waals surface area (Å²) in [6.07, 6.45) is 4.79. The number of thiophene rings is 1. The molecule has 1 saturated heterocycles. The van der Waals surface area contributed by atoms with E-state index in [1.165, 1.54) is 58.4 Å². The first-order chi connectivity index (χ1) is 20.8. The van der Waals surface area contributed by atoms with Gasteiger partial charge in [-0.2, -0.15) is 10.2 Å². The number of piperidine rings is 1. The number of hydrogen-bond acceptors (Lipinski definition) is 9. The number of methoxy groups -OCH3 is 1. The van der Waals surface area contributed by atoms with Gasteiger partial charge in [-0.15, -0.1) is 4.80 Å². The molecular weight excluding hydrogens is 579 g/mol. The zero-order chi connectivity index (χ0) is 30.2. The van der Waals surface area contributed by atoms with Gasteiger partial charge in [-0.25, -0.2) is 13.8 Å². The lowest BCUT2D eigenvalue weighted by molar-refractivity contribution is -0.126. The van der Waals surface area contributed by atoms with Crippen LogP contribution >= 0.6 is 11.3 Å². The second kappa shape index (κ2) is 12.0. The first-order valence-electron chi connectivity index (χ1n) is 14.4. The lowest BCUT2D eigenvalue weighted by Crippen LogP contribution is -2.49. The SMILES string of the molecule is COc1ccc(F)cc1C(Cn1c(=O)n(C2CCCNC2=O)c(=O)c2c(C)c(-n3nccn3)sc21)OC1CCC(O)CC1. The van der Waals surface area contributed by atoms with Crippen molar-refractivity contribution in [2.75, 3.05) is 13.7 Å². The van der Waals surface area contributed by atoms with Crippen LogP contribution in [0.25, 0.3) is 15.2 Å². The van der Waals surface area contributed by atoms with Crippen molar-refractivity contribution in [1.29, 1.82) is 0 Å². The maximum absolute atomic E-state index is 14.6. The Morgan fingerprint density at radius 3 is 2.58 bits per heavy atom. The highest BCUT2D eigenvalue weighted by molar-refractivity contribution is 7.21. The van der Waals surface area contributed by atoms with E-state index < -0.39 is 41.2 Å². The molecule has 12 nitrogen and oxygen atoms in total. The van der Waals surface area contributed by atoms with Gasteiger partial charge in [0.2, 0.25) is 5.91 Å². The highest BCUT2D eigenvalue weighted by Crippen LogP contribution is 2.36. The number of carbonyl (C=O) groups is 1. The van der Waals surface area contributed by atoms with Gasteiger partial charge < -0.3 is 19.9 Å². The van der Waals surface area contributed by atoms with Crippen molar-refractivity contribution in [2.45, 2.75) is 76.3 Å². The van der Waals surface area contributed by atoms with Crippen LogP contribution in [-0.4, -0.2) is 61.0 Å². The van der Waals surface area contributed by atoms with E-state index in [1.54, 1.807) is 6.92 Å². The number of halogens is 1. The number of nitrogens with zero attached hydrogens (tertiary/aromatic N) is 5. The van der Waals surface area contributed by atoms with Gasteiger partial charge in [0.05, 0.1) is 43.6 Å². The molecule has 14 heteroatoms. The number of hydrogen-bond donors (Lipinski definition) is 2. The molecular formula is C29H33FN6O6S. The van der Waals surface area contributed by atoms with Gasteiger partial charge in [0.1, 0.15) is 33.5 Å². The summed E-state index contributed by atoms with van der Waals surface area (Å²) in [5.74, 6) is -0.502. The van der Waals surface area contributed by atoms with Gasteiger partial charge in [-0.1, -0.05) is 11.3 Å². The quantitative estimate of drug-likeness (QED) is 0.309. The maximum atomic E-state index is 14.6. The normalized spacial score (nSPS) is 21.6. The van der Waals surface area contributed by atoms with E-state index in [0.29, 0.717) is 71.8 Å². The molecule has 0 radical (unpaired) electrons. The van der Waals surface area contributed by atoms with Gasteiger partial charge in [-0.3, -0.25) is 14.2 Å². The largest absolute Gasteiger partial charge is 0.496 e. The molecule has 1 amide bonds. The smallest absolute Gasteiger partial charge is 0.332 e. The fourth-order valence-corrected chi connectivity index (χ4v) is 7.27. The number of amides is 1. The predicted molar refractivity (Wildman–Crippen MR) is 156 cm³/mol. The molecule has 2 unspecified atom stereocenters. The Labute approximate surface area is 249 Å². The van der Waals surface area contributed by atoms with E-state index >= 15 is 0 Å². The summed E-state index contributed by atoms with van der Waals surface area (Å²) in [5, 5.41) is 22.1. The Bertz CT molecular complexity index is 1760. The molecule has 228 valence electrons. The lowest BCUT2D eigenvalue weighted by atomic mass is 9.94. The number of aliphatic hydroxyl groups excluding tert-OH is 1. The van der Waals surface area contributed by atoms with Crippen LogP contribution in [0.2, 0.25) is 0 Å². The van der Waals surface area contributed by atoms with E-state index in [-0.39, 0.29) is 18.0 Å². The van der Waals surface area contributed by atoms with Gasteiger partial charge in [0.15, 0.2) is 0 Å². The topological polar surface area (TPSA) is 142 Å². The van der Waals surface area contributed by atoms with E-state index in [2.05, 4.69) is 15.5 Å². The Morgan fingerprint density at radius 1 is 1.14 bits per heavy atom. The van der Waals surface area contributed by atoms with Crippen LogP contribution in [0.1, 0.15) is 61.8 Å². The molecule has 0 spiro atoms. The van der Waals surface area contributed by atoms with E-state index in [0.717, 1.165) is 4.57 Å². The minimum atomic E-state index is -0.974. The number of ether oxygens (including phenoxy) is 2. The first kappa shape index (κ1) is 29.2. The maximum Gasteiger partial charge on any atom is 0.332 e. The summed E-state index contributed by atoms with van der Waals surface area (Å²) in [6, 6.07) is 3.15. The molecule has 1 aliphatic heterocycles. The fourth-order valence-electron chi connectivity index (χ4n) is 6.05. The summed E-state index contributed by atoms with van der Waals surface area (Å²) in [7, 11) is 1.48. The second-order valence-electron chi connectivity index (χ2n) is 11.0. The Morgan fingerprint density at radius 2 is 1.88 bits per heavy atom. The molecule has 1 aromatic carbocycles. The number of aromatic nitrogens is 5. The van der Waals surface area contributed by atoms with E-state index in [9.17, 15) is 23.9 Å². The van der Waals surface area contributed by atoms with Crippen LogP contribution in [0.15, 0.2) is 40.2 Å². The molecule has 2 atom stereocenters. The van der Waals surface area contributed by atoms with Gasteiger partial charge in [-0.05, 0) is 63.6 Å². The zero-order valence-electron chi connectivity index (χ0n) is 23.9. The number of rotatable bonds is 8. The molecule has 1 saturated carbocycles. The van der Waals surface area contributed by atoms with Gasteiger partial charge in [0, 0.05) is 17.7 Å². The van der Waals surface area contributed by atoms with Crippen molar-refractivity contribution in [3.05, 3.63) is 68.4 Å². The van der Waals surface area contributed by atoms with Gasteiger partial charge >= 0.3 is 5.69 Å². The van der Waals surface area contributed by atoms with Crippen LogP contribution in [-0.2, 0) is 16.1 Å². The second-order valence-corrected chi connectivity index (χ2v) is 12.0. The Balaban J connectivity index is 1.55. The molecule has 4 heterocycles. The molecule has 4 aromatic rings. The Kier molecular flexibility index (Phi) is 8.16. The van der Waals surface area contributed by atoms with E-state index in [1.807, 2.05) is 0 Å². The molecule has 2 fully saturated rings. The van der Waals surface area contributed by atoms with Crippen LogP contribution in [0.4, 0.5) is 4.39 Å². The number of fused-ring (bicyclic) bond motifs is 1. The lowest BCUT2D eigenvalue weighted by Gasteiger charge is -2.31. The highest BCUT2D eigenvalue weighted by Gasteiger charge is 2.33. The van der Waals surface area contributed by atoms with Crippen molar-refractivity contribution < 1.29 is 23.8 Å². The minimum absolute atomic E-state index is 0.0885. The van der Waals surface area contributed by atoms with Gasteiger partial charge in [0.25, 0.3) is 5.56 Å². The third-order valence-electron chi connectivity index (χ3n) is 8.27. The van der Waals surface area contributed by atoms with Crippen molar-refractivity contribution in [1.82, 2.24) is 29.4 Å². The van der Waals surface area contributed by atoms with Crippen molar-refractivity contribution in [3.8, 4) is 10.8 Å². The number of nitrogens with one attached hydrogen (secondary N) is 1. The number of aliphatic hydroxyl groups is 1. The Hall–Kier alpha value is -3.88. The number of benzene rings is 1. The van der Waals surface area contributed by atoms with Crippen molar-refractivity contribution in [3.63, 3.8) is 0 Å². The van der Waals surface area contributed by atoms with Crippen LogP contribution in [0, 0.1) is 12.7 Å². The molecule has 2 aliphatic rings. The highest BCUT2D eigenvalue weighted by atomic mass is 32.1. The van der Waals surface area contributed by atoms with Crippen molar-refractivity contribution in [2.24, 2.45) is 0 Å². The summed E-state index contributed by atoms with van der Waals surface area (Å²) in [6.45, 7) is 2.14. The monoisotopic (exact) mass is 612 g/mol. The average Bonchev–Trinajstić information content (AvgIpc) is 3.65. The zero-order valence-corrected chi connectivity index (χ0v) is 24.7. The number of carbonyl (C=O) groups excluding carboxylic acids is 1. The molecule has 2 N–H and O–H groups in total. The summed E-state index contributed by atoms with van der Waals surface area (Å²) in [5.41, 5.74) is -0.248. The fraction of sp³-hybridized carbons (Fsp3) is 0.483. The first-order valence-corrected chi connectivity index (χ1v) is 15.2. The minimum Gasteiger partial charge on any atom is -0.496 e. The average molecular weight is 613 g/mol. The van der Waals surface area contributed by atoms with Crippen LogP contribution in [0.3, 0.4) is 0 Å². The summed E-state index contributed by atoms with van der Waals surface area (Å²) >= 11 is 1.18. The molecule has 1 aliphatic carbocycles. The van der Waals surface area contributed by atoms with E-state index in [4.69, 9.17) is 9.47 Å². The summed E-state index contributed by atoms with van der Waals surface area (Å²) in [4.78, 5) is 43.0. The van der Waals surface area contributed by atoms with Crippen molar-refractivity contribution >= 4 is 27.5 Å². The third kappa shape index (κ3) is 5.50. The van der Waals surface area contributed by atoms with Crippen LogP contribution < -0.4 is 21.3 Å². The standard InChI is InChI=1S/C29H33FN6O6S/c1-16-24-26(39)35(21-4-3-11-31-25(21)38)29(40)34(28(24)43-27(16)36-32-12-13-33-36)15-23(42-19-8-6-18(37)7-9-19)20-14-17(30)5-10-22(20)41-2/h5,10,12-14,18-19,21,23,37H,3-4,6-9,11,15H2,1-2H3,(H,31,38). The molecule has 3 aromatic heterocycles. The third-order valence-corrected chi connectivity index (χ3v) is 9.55. The molecule has 43 heavy (non-hydrogen) atoms.